The lowest BCUT2D eigenvalue weighted by molar-refractivity contribution is 0.102. The number of nitrogens with one attached hydrogen (secondary N) is 1. The van der Waals surface area contributed by atoms with Gasteiger partial charge in [0, 0.05) is 5.56 Å². The zero-order chi connectivity index (χ0) is 14.0. The van der Waals surface area contributed by atoms with Gasteiger partial charge in [0.1, 0.15) is 5.75 Å². The average Bonchev–Trinajstić information content (AvgIpc) is 2.37. The predicted molar refractivity (Wildman–Crippen MR) is 76.4 cm³/mol. The van der Waals surface area contributed by atoms with Crippen molar-refractivity contribution < 1.29 is 9.90 Å². The summed E-state index contributed by atoms with van der Waals surface area (Å²) < 4.78 is 0. The van der Waals surface area contributed by atoms with Crippen LogP contribution in [0.1, 0.15) is 21.5 Å². The number of benzene rings is 2. The Bertz CT molecular complexity index is 616. The van der Waals surface area contributed by atoms with Crippen LogP contribution in [0.2, 0.25) is 0 Å². The largest absolute Gasteiger partial charge is 0.508 e. The molecule has 0 aliphatic rings. The van der Waals surface area contributed by atoms with E-state index in [4.69, 9.17) is 5.73 Å². The van der Waals surface area contributed by atoms with E-state index in [9.17, 15) is 9.90 Å². The van der Waals surface area contributed by atoms with E-state index in [1.54, 1.807) is 25.1 Å². The molecule has 0 aliphatic carbocycles. The number of nitrogens with two attached hydrogens (primary N) is 1. The maximum absolute atomic E-state index is 12.1. The van der Waals surface area contributed by atoms with Crippen molar-refractivity contribution in [2.24, 2.45) is 0 Å². The molecule has 0 unspecified atom stereocenters. The molecule has 0 heterocycles. The third kappa shape index (κ3) is 2.68. The van der Waals surface area contributed by atoms with Crippen molar-refractivity contribution in [3.05, 3.63) is 53.1 Å². The van der Waals surface area contributed by atoms with Gasteiger partial charge < -0.3 is 16.2 Å². The molecule has 2 aromatic carbocycles. The topological polar surface area (TPSA) is 75.4 Å². The normalized spacial score (nSPS) is 10.2. The van der Waals surface area contributed by atoms with Crippen LogP contribution in [0, 0.1) is 13.8 Å². The highest BCUT2D eigenvalue weighted by Crippen LogP contribution is 2.24. The third-order valence-electron chi connectivity index (χ3n) is 3.01. The van der Waals surface area contributed by atoms with Crippen molar-refractivity contribution in [1.29, 1.82) is 0 Å². The van der Waals surface area contributed by atoms with Gasteiger partial charge in [0.25, 0.3) is 5.91 Å². The highest BCUT2D eigenvalue weighted by atomic mass is 16.3. The van der Waals surface area contributed by atoms with E-state index in [1.807, 2.05) is 19.1 Å². The average molecular weight is 256 g/mol. The number of hydrogen-bond acceptors (Lipinski definition) is 3. The summed E-state index contributed by atoms with van der Waals surface area (Å²) in [5.74, 6) is -0.193. The van der Waals surface area contributed by atoms with Gasteiger partial charge in [-0.25, -0.2) is 0 Å². The molecular weight excluding hydrogens is 240 g/mol. The standard InChI is InChI=1S/C15H16N2O2/c1-9-6-7-11(8-13(9)18)15(19)17-14-10(2)4-3-5-12(14)16/h3-8,18H,16H2,1-2H3,(H,17,19). The molecule has 0 atom stereocenters. The van der Waals surface area contributed by atoms with Gasteiger partial charge in [-0.1, -0.05) is 18.2 Å². The van der Waals surface area contributed by atoms with Crippen LogP contribution in [0.3, 0.4) is 0 Å². The second-order valence-electron chi connectivity index (χ2n) is 4.49. The number of aryl methyl sites for hydroxylation is 2. The van der Waals surface area contributed by atoms with Crippen molar-refractivity contribution >= 4 is 17.3 Å². The summed E-state index contributed by atoms with van der Waals surface area (Å²) in [4.78, 5) is 12.1. The Morgan fingerprint density at radius 1 is 1.16 bits per heavy atom. The van der Waals surface area contributed by atoms with Gasteiger partial charge in [0.05, 0.1) is 11.4 Å². The summed E-state index contributed by atoms with van der Waals surface area (Å²) in [6, 6.07) is 10.2. The summed E-state index contributed by atoms with van der Waals surface area (Å²) >= 11 is 0. The molecule has 0 spiro atoms. The van der Waals surface area contributed by atoms with E-state index in [0.717, 1.165) is 11.1 Å². The van der Waals surface area contributed by atoms with E-state index in [2.05, 4.69) is 5.32 Å². The number of rotatable bonds is 2. The minimum Gasteiger partial charge on any atom is -0.508 e. The first kappa shape index (κ1) is 13.0. The summed E-state index contributed by atoms with van der Waals surface area (Å²) in [6.45, 7) is 3.65. The molecule has 0 saturated heterocycles. The van der Waals surface area contributed by atoms with E-state index in [0.29, 0.717) is 16.9 Å². The van der Waals surface area contributed by atoms with E-state index >= 15 is 0 Å². The second kappa shape index (κ2) is 5.02. The fraction of sp³-hybridized carbons (Fsp3) is 0.133. The molecular formula is C15H16N2O2. The van der Waals surface area contributed by atoms with Crippen molar-refractivity contribution in [2.75, 3.05) is 11.1 Å². The van der Waals surface area contributed by atoms with Crippen LogP contribution in [-0.2, 0) is 0 Å². The van der Waals surface area contributed by atoms with Crippen LogP contribution in [0.25, 0.3) is 0 Å². The number of phenols is 1. The number of carbonyl (C=O) groups excluding carboxylic acids is 1. The van der Waals surface area contributed by atoms with Crippen LogP contribution in [-0.4, -0.2) is 11.0 Å². The quantitative estimate of drug-likeness (QED) is 0.723. The van der Waals surface area contributed by atoms with Crippen LogP contribution in [0.15, 0.2) is 36.4 Å². The lowest BCUT2D eigenvalue weighted by Gasteiger charge is -2.11. The molecule has 2 aromatic rings. The smallest absolute Gasteiger partial charge is 0.255 e. The number of aromatic hydroxyl groups is 1. The molecule has 4 N–H and O–H groups in total. The zero-order valence-corrected chi connectivity index (χ0v) is 10.9. The molecule has 0 bridgehead atoms. The minimum atomic E-state index is -0.295. The summed E-state index contributed by atoms with van der Waals surface area (Å²) in [5.41, 5.74) is 8.98. The highest BCUT2D eigenvalue weighted by molar-refractivity contribution is 6.06. The highest BCUT2D eigenvalue weighted by Gasteiger charge is 2.11. The number of para-hydroxylation sites is 1. The number of anilines is 2. The molecule has 0 aromatic heterocycles. The summed E-state index contributed by atoms with van der Waals surface area (Å²) in [6.07, 6.45) is 0. The number of nitrogen functional groups attached to an aromatic ring is 1. The molecule has 98 valence electrons. The van der Waals surface area contributed by atoms with Crippen molar-refractivity contribution in [3.8, 4) is 5.75 Å². The van der Waals surface area contributed by atoms with E-state index in [1.165, 1.54) is 6.07 Å². The molecule has 0 fully saturated rings. The van der Waals surface area contributed by atoms with Gasteiger partial charge in [0.15, 0.2) is 0 Å². The van der Waals surface area contributed by atoms with Crippen LogP contribution in [0.4, 0.5) is 11.4 Å². The fourth-order valence-corrected chi connectivity index (χ4v) is 1.80. The van der Waals surface area contributed by atoms with Gasteiger partial charge in [-0.3, -0.25) is 4.79 Å². The van der Waals surface area contributed by atoms with Crippen molar-refractivity contribution in [2.45, 2.75) is 13.8 Å². The van der Waals surface area contributed by atoms with Gasteiger partial charge in [0.2, 0.25) is 0 Å². The Morgan fingerprint density at radius 2 is 1.89 bits per heavy atom. The number of carbonyl (C=O) groups is 1. The van der Waals surface area contributed by atoms with Gasteiger partial charge in [-0.15, -0.1) is 0 Å². The van der Waals surface area contributed by atoms with Crippen molar-refractivity contribution in [3.63, 3.8) is 0 Å². The van der Waals surface area contributed by atoms with Crippen LogP contribution in [0.5, 0.6) is 5.75 Å². The van der Waals surface area contributed by atoms with Gasteiger partial charge >= 0.3 is 0 Å². The summed E-state index contributed by atoms with van der Waals surface area (Å²) in [5, 5.41) is 12.4. The Labute approximate surface area is 111 Å². The SMILES string of the molecule is Cc1ccc(C(=O)Nc2c(C)cccc2N)cc1O. The lowest BCUT2D eigenvalue weighted by atomic mass is 10.1. The molecule has 4 heteroatoms. The van der Waals surface area contributed by atoms with Gasteiger partial charge in [-0.05, 0) is 43.2 Å². The molecule has 4 nitrogen and oxygen atoms in total. The third-order valence-corrected chi connectivity index (χ3v) is 3.01. The first-order valence-corrected chi connectivity index (χ1v) is 5.95. The Hall–Kier alpha value is -2.49. The lowest BCUT2D eigenvalue weighted by Crippen LogP contribution is -2.14. The number of phenolic OH excluding ortho intramolecular Hbond substituents is 1. The zero-order valence-electron chi connectivity index (χ0n) is 10.9. The Kier molecular flexibility index (Phi) is 3.42. The Balaban J connectivity index is 2.28. The molecule has 0 radical (unpaired) electrons. The monoisotopic (exact) mass is 256 g/mol. The number of amides is 1. The maximum atomic E-state index is 12.1. The fourth-order valence-electron chi connectivity index (χ4n) is 1.80. The van der Waals surface area contributed by atoms with E-state index < -0.39 is 0 Å². The maximum Gasteiger partial charge on any atom is 0.255 e. The first-order chi connectivity index (χ1) is 8.99. The van der Waals surface area contributed by atoms with E-state index in [-0.39, 0.29) is 11.7 Å². The second-order valence-corrected chi connectivity index (χ2v) is 4.49. The predicted octanol–water partition coefficient (Wildman–Crippen LogP) is 2.84. The molecule has 0 aliphatic heterocycles. The molecule has 2 rings (SSSR count). The molecule has 0 saturated carbocycles. The molecule has 19 heavy (non-hydrogen) atoms. The van der Waals surface area contributed by atoms with Crippen LogP contribution < -0.4 is 11.1 Å². The Morgan fingerprint density at radius 3 is 2.53 bits per heavy atom. The molecule has 1 amide bonds. The summed E-state index contributed by atoms with van der Waals surface area (Å²) in [7, 11) is 0. The van der Waals surface area contributed by atoms with Crippen molar-refractivity contribution in [1.82, 2.24) is 0 Å². The first-order valence-electron chi connectivity index (χ1n) is 5.95. The minimum absolute atomic E-state index is 0.102. The van der Waals surface area contributed by atoms with Crippen LogP contribution >= 0.6 is 0 Å². The van der Waals surface area contributed by atoms with Gasteiger partial charge in [-0.2, -0.15) is 0 Å². The number of hydrogen-bond donors (Lipinski definition) is 3.